The first-order chi connectivity index (χ1) is 14.2. The number of piperidine rings is 1. The number of nitrogens with one attached hydrogen (secondary N) is 2. The molecule has 3 aromatic rings. The SMILES string of the molecule is Cc1[nH]nc(-c2ccccc2)c1C(=O)NC1CCN(c2ncccc2C#N)CC1. The fourth-order valence-electron chi connectivity index (χ4n) is 3.74. The molecule has 1 amide bonds. The second kappa shape index (κ2) is 8.15. The summed E-state index contributed by atoms with van der Waals surface area (Å²) in [6.07, 6.45) is 3.30. The topological polar surface area (TPSA) is 97.7 Å². The van der Waals surface area contributed by atoms with Crippen LogP contribution < -0.4 is 10.2 Å². The van der Waals surface area contributed by atoms with E-state index in [0.29, 0.717) is 16.8 Å². The molecule has 0 saturated carbocycles. The number of hydrogen-bond acceptors (Lipinski definition) is 5. The van der Waals surface area contributed by atoms with Gasteiger partial charge in [0.15, 0.2) is 0 Å². The predicted octanol–water partition coefficient (Wildman–Crippen LogP) is 3.05. The van der Waals surface area contributed by atoms with E-state index in [0.717, 1.165) is 43.0 Å². The van der Waals surface area contributed by atoms with Gasteiger partial charge < -0.3 is 10.2 Å². The number of amides is 1. The zero-order chi connectivity index (χ0) is 20.2. The molecule has 1 aromatic carbocycles. The number of aromatic amines is 1. The largest absolute Gasteiger partial charge is 0.355 e. The molecule has 0 atom stereocenters. The van der Waals surface area contributed by atoms with Gasteiger partial charge in [0, 0.05) is 36.6 Å². The molecule has 29 heavy (non-hydrogen) atoms. The number of aryl methyl sites for hydroxylation is 1. The Morgan fingerprint density at radius 1 is 1.21 bits per heavy atom. The summed E-state index contributed by atoms with van der Waals surface area (Å²) in [4.78, 5) is 19.5. The lowest BCUT2D eigenvalue weighted by Crippen LogP contribution is -2.45. The number of benzene rings is 1. The smallest absolute Gasteiger partial charge is 0.255 e. The summed E-state index contributed by atoms with van der Waals surface area (Å²) in [5.41, 5.74) is 3.51. The van der Waals surface area contributed by atoms with Crippen molar-refractivity contribution in [1.82, 2.24) is 20.5 Å². The number of rotatable bonds is 4. The lowest BCUT2D eigenvalue weighted by Gasteiger charge is -2.33. The molecule has 1 saturated heterocycles. The fraction of sp³-hybridized carbons (Fsp3) is 0.273. The Hall–Kier alpha value is -3.66. The number of nitriles is 1. The Morgan fingerprint density at radius 2 is 1.97 bits per heavy atom. The van der Waals surface area contributed by atoms with Crippen molar-refractivity contribution in [2.24, 2.45) is 0 Å². The summed E-state index contributed by atoms with van der Waals surface area (Å²) in [5, 5.41) is 19.7. The molecular formula is C22H22N6O. The first-order valence-electron chi connectivity index (χ1n) is 9.68. The zero-order valence-corrected chi connectivity index (χ0v) is 16.2. The highest BCUT2D eigenvalue weighted by molar-refractivity contribution is 6.01. The van der Waals surface area contributed by atoms with Gasteiger partial charge >= 0.3 is 0 Å². The van der Waals surface area contributed by atoms with Gasteiger partial charge in [0.25, 0.3) is 5.91 Å². The summed E-state index contributed by atoms with van der Waals surface area (Å²) < 4.78 is 0. The fourth-order valence-corrected chi connectivity index (χ4v) is 3.74. The van der Waals surface area contributed by atoms with Crippen LogP contribution in [0.1, 0.15) is 34.5 Å². The molecule has 3 heterocycles. The van der Waals surface area contributed by atoms with Gasteiger partial charge in [-0.25, -0.2) is 4.98 Å². The summed E-state index contributed by atoms with van der Waals surface area (Å²) in [7, 11) is 0. The number of hydrogen-bond donors (Lipinski definition) is 2. The van der Waals surface area contributed by atoms with E-state index < -0.39 is 0 Å². The maximum atomic E-state index is 13.0. The lowest BCUT2D eigenvalue weighted by atomic mass is 10.0. The number of anilines is 1. The molecule has 146 valence electrons. The number of H-pyrrole nitrogens is 1. The van der Waals surface area contributed by atoms with Crippen molar-refractivity contribution in [3.63, 3.8) is 0 Å². The van der Waals surface area contributed by atoms with Gasteiger partial charge in [0.1, 0.15) is 17.6 Å². The van der Waals surface area contributed by atoms with E-state index in [1.807, 2.05) is 37.3 Å². The van der Waals surface area contributed by atoms with Crippen LogP contribution in [0, 0.1) is 18.3 Å². The van der Waals surface area contributed by atoms with E-state index in [2.05, 4.69) is 31.5 Å². The standard InChI is InChI=1S/C22H22N6O/c1-15-19(20(27-26-15)16-6-3-2-4-7-16)22(29)25-18-9-12-28(13-10-18)21-17(14-23)8-5-11-24-21/h2-8,11,18H,9-10,12-13H2,1H3,(H,25,29)(H,26,27). The Kier molecular flexibility index (Phi) is 5.25. The van der Waals surface area contributed by atoms with Crippen LogP contribution in [-0.2, 0) is 0 Å². The average molecular weight is 386 g/mol. The van der Waals surface area contributed by atoms with Gasteiger partial charge in [-0.15, -0.1) is 0 Å². The summed E-state index contributed by atoms with van der Waals surface area (Å²) >= 11 is 0. The van der Waals surface area contributed by atoms with Crippen LogP contribution in [0.25, 0.3) is 11.3 Å². The maximum Gasteiger partial charge on any atom is 0.255 e. The minimum absolute atomic E-state index is 0.0749. The summed E-state index contributed by atoms with van der Waals surface area (Å²) in [6.45, 7) is 3.35. The van der Waals surface area contributed by atoms with E-state index in [1.165, 1.54) is 0 Å². The van der Waals surface area contributed by atoms with Crippen molar-refractivity contribution < 1.29 is 4.79 Å². The Bertz CT molecular complexity index is 1040. The summed E-state index contributed by atoms with van der Waals surface area (Å²) in [6, 6.07) is 15.5. The number of nitrogens with zero attached hydrogens (tertiary/aromatic N) is 4. The highest BCUT2D eigenvalue weighted by Crippen LogP contribution is 2.25. The molecule has 0 bridgehead atoms. The van der Waals surface area contributed by atoms with Gasteiger partial charge in [0.2, 0.25) is 0 Å². The molecule has 0 radical (unpaired) electrons. The van der Waals surface area contributed by atoms with Crippen molar-refractivity contribution in [3.05, 3.63) is 65.5 Å². The quantitative estimate of drug-likeness (QED) is 0.718. The normalized spacial score (nSPS) is 14.4. The van der Waals surface area contributed by atoms with Gasteiger partial charge in [-0.05, 0) is 31.9 Å². The molecule has 1 aliphatic heterocycles. The van der Waals surface area contributed by atoms with Crippen LogP contribution in [-0.4, -0.2) is 40.2 Å². The van der Waals surface area contributed by atoms with E-state index >= 15 is 0 Å². The van der Waals surface area contributed by atoms with Crippen LogP contribution in [0.3, 0.4) is 0 Å². The lowest BCUT2D eigenvalue weighted by molar-refractivity contribution is 0.0931. The Labute approximate surface area is 169 Å². The molecule has 1 fully saturated rings. The van der Waals surface area contributed by atoms with Crippen LogP contribution in [0.2, 0.25) is 0 Å². The zero-order valence-electron chi connectivity index (χ0n) is 16.2. The second-order valence-electron chi connectivity index (χ2n) is 7.16. The molecular weight excluding hydrogens is 364 g/mol. The van der Waals surface area contributed by atoms with Crippen LogP contribution in [0.5, 0.6) is 0 Å². The van der Waals surface area contributed by atoms with E-state index in [-0.39, 0.29) is 11.9 Å². The van der Waals surface area contributed by atoms with Gasteiger partial charge in [-0.1, -0.05) is 30.3 Å². The number of carbonyl (C=O) groups is 1. The second-order valence-corrected chi connectivity index (χ2v) is 7.16. The van der Waals surface area contributed by atoms with Crippen LogP contribution >= 0.6 is 0 Å². The minimum Gasteiger partial charge on any atom is -0.355 e. The minimum atomic E-state index is -0.107. The Morgan fingerprint density at radius 3 is 2.69 bits per heavy atom. The van der Waals surface area contributed by atoms with Gasteiger partial charge in [-0.3, -0.25) is 9.89 Å². The van der Waals surface area contributed by atoms with Crippen molar-refractivity contribution in [3.8, 4) is 17.3 Å². The van der Waals surface area contributed by atoms with Crippen molar-refractivity contribution in [2.45, 2.75) is 25.8 Å². The first-order valence-corrected chi connectivity index (χ1v) is 9.68. The highest BCUT2D eigenvalue weighted by atomic mass is 16.1. The molecule has 7 heteroatoms. The molecule has 2 N–H and O–H groups in total. The molecule has 7 nitrogen and oxygen atoms in total. The number of pyridine rings is 1. The van der Waals surface area contributed by atoms with Crippen molar-refractivity contribution in [1.29, 1.82) is 5.26 Å². The molecule has 0 spiro atoms. The molecule has 2 aromatic heterocycles. The van der Waals surface area contributed by atoms with Crippen LogP contribution in [0.15, 0.2) is 48.7 Å². The van der Waals surface area contributed by atoms with Crippen molar-refractivity contribution in [2.75, 3.05) is 18.0 Å². The van der Waals surface area contributed by atoms with E-state index in [4.69, 9.17) is 0 Å². The number of aromatic nitrogens is 3. The molecule has 0 aliphatic carbocycles. The third-order valence-corrected chi connectivity index (χ3v) is 5.26. The third kappa shape index (κ3) is 3.83. The van der Waals surface area contributed by atoms with E-state index in [1.54, 1.807) is 18.3 Å². The van der Waals surface area contributed by atoms with Gasteiger partial charge in [0.05, 0.1) is 11.1 Å². The predicted molar refractivity (Wildman–Crippen MR) is 110 cm³/mol. The highest BCUT2D eigenvalue weighted by Gasteiger charge is 2.26. The van der Waals surface area contributed by atoms with E-state index in [9.17, 15) is 10.1 Å². The van der Waals surface area contributed by atoms with Crippen molar-refractivity contribution >= 4 is 11.7 Å². The number of carbonyl (C=O) groups excluding carboxylic acids is 1. The summed E-state index contributed by atoms with van der Waals surface area (Å²) in [5.74, 6) is 0.612. The Balaban J connectivity index is 1.44. The van der Waals surface area contributed by atoms with Gasteiger partial charge in [-0.2, -0.15) is 10.4 Å². The third-order valence-electron chi connectivity index (χ3n) is 5.26. The monoisotopic (exact) mass is 386 g/mol. The molecule has 0 unspecified atom stereocenters. The molecule has 1 aliphatic rings. The average Bonchev–Trinajstić information content (AvgIpc) is 3.16. The van der Waals surface area contributed by atoms with Crippen LogP contribution in [0.4, 0.5) is 5.82 Å². The molecule has 4 rings (SSSR count). The maximum absolute atomic E-state index is 13.0. The first kappa shape index (κ1) is 18.7.